The second-order valence-electron chi connectivity index (χ2n) is 8.31. The molecule has 0 fully saturated rings. The first-order chi connectivity index (χ1) is 18.1. The lowest BCUT2D eigenvalue weighted by molar-refractivity contribution is -0.137. The van der Waals surface area contributed by atoms with Gasteiger partial charge in [-0.15, -0.1) is 0 Å². The van der Waals surface area contributed by atoms with Gasteiger partial charge in [-0.05, 0) is 48.0 Å². The van der Waals surface area contributed by atoms with E-state index in [1.54, 1.807) is 18.2 Å². The number of alkyl halides is 3. The van der Waals surface area contributed by atoms with Gasteiger partial charge in [0.2, 0.25) is 6.79 Å². The number of imide groups is 1. The van der Waals surface area contributed by atoms with Crippen molar-refractivity contribution in [3.63, 3.8) is 0 Å². The quantitative estimate of drug-likeness (QED) is 0.382. The number of anilines is 1. The number of fused-ring (bicyclic) bond motifs is 2. The zero-order valence-corrected chi connectivity index (χ0v) is 19.3. The third-order valence-corrected chi connectivity index (χ3v) is 5.82. The van der Waals surface area contributed by atoms with Gasteiger partial charge in [-0.1, -0.05) is 18.2 Å². The van der Waals surface area contributed by atoms with Crippen LogP contribution in [0.4, 0.5) is 18.9 Å². The topological polar surface area (TPSA) is 111 Å². The predicted molar refractivity (Wildman–Crippen MR) is 124 cm³/mol. The second-order valence-corrected chi connectivity index (χ2v) is 8.31. The van der Waals surface area contributed by atoms with Gasteiger partial charge >= 0.3 is 12.1 Å². The fourth-order valence-electron chi connectivity index (χ4n) is 4.02. The maximum absolute atomic E-state index is 13.1. The number of nitrogens with one attached hydrogen (secondary N) is 1. The number of nitrogens with zero attached hydrogens (tertiary/aromatic N) is 1. The molecule has 0 spiro atoms. The first-order valence-corrected chi connectivity index (χ1v) is 11.1. The van der Waals surface area contributed by atoms with Crippen LogP contribution in [0.3, 0.4) is 0 Å². The molecule has 2 heterocycles. The minimum atomic E-state index is -4.69. The molecule has 0 unspecified atom stereocenters. The Morgan fingerprint density at radius 1 is 0.921 bits per heavy atom. The molecule has 0 saturated heterocycles. The average molecular weight is 526 g/mol. The van der Waals surface area contributed by atoms with Gasteiger partial charge in [0.15, 0.2) is 18.1 Å². The fraction of sp³-hybridized carbons (Fsp3) is 0.154. The third kappa shape index (κ3) is 4.75. The molecule has 194 valence electrons. The van der Waals surface area contributed by atoms with Crippen LogP contribution in [0, 0.1) is 0 Å². The Bertz CT molecular complexity index is 1490. The number of hydrogen-bond acceptors (Lipinski definition) is 7. The van der Waals surface area contributed by atoms with Gasteiger partial charge in [-0.2, -0.15) is 13.2 Å². The highest BCUT2D eigenvalue weighted by Crippen LogP contribution is 2.35. The van der Waals surface area contributed by atoms with Crippen LogP contribution in [-0.2, 0) is 22.3 Å². The molecule has 3 amide bonds. The Hall–Kier alpha value is -4.87. The molecule has 2 aliphatic rings. The average Bonchev–Trinajstić information content (AvgIpc) is 3.45. The number of carbonyl (C=O) groups excluding carboxylic acids is 4. The zero-order valence-electron chi connectivity index (χ0n) is 19.3. The van der Waals surface area contributed by atoms with Crippen LogP contribution in [0.1, 0.15) is 42.2 Å². The van der Waals surface area contributed by atoms with Crippen molar-refractivity contribution in [3.8, 4) is 11.5 Å². The van der Waals surface area contributed by atoms with Crippen molar-refractivity contribution in [2.45, 2.75) is 12.7 Å². The first-order valence-electron chi connectivity index (χ1n) is 11.1. The van der Waals surface area contributed by atoms with Crippen LogP contribution in [0.2, 0.25) is 0 Å². The molecule has 1 N–H and O–H groups in total. The number of para-hydroxylation sites is 1. The van der Waals surface area contributed by atoms with E-state index in [1.165, 1.54) is 30.3 Å². The van der Waals surface area contributed by atoms with Crippen molar-refractivity contribution in [2.75, 3.05) is 18.7 Å². The summed E-state index contributed by atoms with van der Waals surface area (Å²) in [4.78, 5) is 51.4. The lowest BCUT2D eigenvalue weighted by atomic mass is 10.1. The maximum Gasteiger partial charge on any atom is 0.418 e. The van der Waals surface area contributed by atoms with E-state index in [2.05, 4.69) is 5.32 Å². The number of ether oxygens (including phenoxy) is 3. The standard InChI is InChI=1S/C26H17F3N2O7/c27-26(28,29)18-3-1-2-4-19(18)30-22(32)12-36-25(35)15-6-7-16-17(10-15)24(34)31(23(16)33)11-14-5-8-20-21(9-14)38-13-37-20/h1-10H,11-13H2,(H,30,32). The Morgan fingerprint density at radius 2 is 1.66 bits per heavy atom. The molecule has 5 rings (SSSR count). The van der Waals surface area contributed by atoms with Gasteiger partial charge in [0.1, 0.15) is 0 Å². The van der Waals surface area contributed by atoms with Crippen molar-refractivity contribution >= 4 is 29.4 Å². The van der Waals surface area contributed by atoms with Crippen molar-refractivity contribution in [3.05, 3.63) is 88.5 Å². The Kier molecular flexibility index (Phi) is 6.23. The van der Waals surface area contributed by atoms with Gasteiger partial charge in [-0.3, -0.25) is 19.3 Å². The van der Waals surface area contributed by atoms with Gasteiger partial charge < -0.3 is 19.5 Å². The summed E-state index contributed by atoms with van der Waals surface area (Å²) in [5, 5.41) is 2.06. The summed E-state index contributed by atoms with van der Waals surface area (Å²) in [5.41, 5.74) is -0.945. The highest BCUT2D eigenvalue weighted by Gasteiger charge is 2.37. The van der Waals surface area contributed by atoms with E-state index in [4.69, 9.17) is 14.2 Å². The van der Waals surface area contributed by atoms with Gasteiger partial charge in [0, 0.05) is 0 Å². The smallest absolute Gasteiger partial charge is 0.418 e. The van der Waals surface area contributed by atoms with Crippen LogP contribution in [0.15, 0.2) is 60.7 Å². The van der Waals surface area contributed by atoms with Gasteiger partial charge in [-0.25, -0.2) is 4.79 Å². The number of halogens is 3. The number of rotatable bonds is 6. The van der Waals surface area contributed by atoms with Crippen LogP contribution in [0.5, 0.6) is 11.5 Å². The highest BCUT2D eigenvalue weighted by atomic mass is 19.4. The predicted octanol–water partition coefficient (Wildman–Crippen LogP) is 4.03. The molecule has 0 bridgehead atoms. The molecule has 12 heteroatoms. The lowest BCUT2D eigenvalue weighted by Crippen LogP contribution is -2.29. The molecule has 0 radical (unpaired) electrons. The number of esters is 1. The molecule has 2 aliphatic heterocycles. The minimum absolute atomic E-state index is 0.0197. The van der Waals surface area contributed by atoms with Crippen molar-refractivity contribution in [1.82, 2.24) is 4.90 Å². The Labute approximate surface area is 212 Å². The number of benzene rings is 3. The van der Waals surface area contributed by atoms with Crippen LogP contribution in [0.25, 0.3) is 0 Å². The Balaban J connectivity index is 1.24. The molecular weight excluding hydrogens is 509 g/mol. The van der Waals surface area contributed by atoms with E-state index in [1.807, 2.05) is 0 Å². The summed E-state index contributed by atoms with van der Waals surface area (Å²) in [7, 11) is 0. The minimum Gasteiger partial charge on any atom is -0.454 e. The van der Waals surface area contributed by atoms with E-state index in [0.29, 0.717) is 17.1 Å². The Morgan fingerprint density at radius 3 is 2.45 bits per heavy atom. The van der Waals surface area contributed by atoms with Gasteiger partial charge in [0.25, 0.3) is 17.7 Å². The fourth-order valence-corrected chi connectivity index (χ4v) is 4.02. The molecule has 3 aromatic carbocycles. The number of hydrogen-bond donors (Lipinski definition) is 1. The monoisotopic (exact) mass is 526 g/mol. The normalized spacial score (nSPS) is 13.9. The molecule has 0 aromatic heterocycles. The van der Waals surface area contributed by atoms with E-state index in [0.717, 1.165) is 17.0 Å². The summed E-state index contributed by atoms with van der Waals surface area (Å²) in [6, 6.07) is 13.1. The molecular formula is C26H17F3N2O7. The van der Waals surface area contributed by atoms with Crippen molar-refractivity contribution < 1.29 is 46.6 Å². The zero-order chi connectivity index (χ0) is 27.0. The van der Waals surface area contributed by atoms with E-state index in [-0.39, 0.29) is 30.0 Å². The maximum atomic E-state index is 13.1. The van der Waals surface area contributed by atoms with E-state index >= 15 is 0 Å². The van der Waals surface area contributed by atoms with Crippen LogP contribution < -0.4 is 14.8 Å². The van der Waals surface area contributed by atoms with Crippen molar-refractivity contribution in [1.29, 1.82) is 0 Å². The summed E-state index contributed by atoms with van der Waals surface area (Å²) < 4.78 is 54.8. The number of amides is 3. The third-order valence-electron chi connectivity index (χ3n) is 5.82. The molecule has 9 nitrogen and oxygen atoms in total. The lowest BCUT2D eigenvalue weighted by Gasteiger charge is -2.14. The van der Waals surface area contributed by atoms with E-state index < -0.39 is 47.7 Å². The molecule has 0 atom stereocenters. The van der Waals surface area contributed by atoms with Crippen LogP contribution >= 0.6 is 0 Å². The summed E-state index contributed by atoms with van der Waals surface area (Å²) in [6.07, 6.45) is -4.69. The first kappa shape index (κ1) is 24.8. The largest absolute Gasteiger partial charge is 0.454 e. The summed E-state index contributed by atoms with van der Waals surface area (Å²) in [5.74, 6) is -2.12. The van der Waals surface area contributed by atoms with Crippen molar-refractivity contribution in [2.24, 2.45) is 0 Å². The molecule has 0 saturated carbocycles. The number of carbonyl (C=O) groups is 4. The van der Waals surface area contributed by atoms with Crippen LogP contribution in [-0.4, -0.2) is 42.0 Å². The molecule has 0 aliphatic carbocycles. The highest BCUT2D eigenvalue weighted by molar-refractivity contribution is 6.21. The molecule has 38 heavy (non-hydrogen) atoms. The summed E-state index contributed by atoms with van der Waals surface area (Å²) >= 11 is 0. The van der Waals surface area contributed by atoms with E-state index in [9.17, 15) is 32.3 Å². The SMILES string of the molecule is O=C(COC(=O)c1ccc2c(c1)C(=O)N(Cc1ccc3c(c1)OCO3)C2=O)Nc1ccccc1C(F)(F)F. The van der Waals surface area contributed by atoms with Gasteiger partial charge in [0.05, 0.1) is 34.5 Å². The second kappa shape index (κ2) is 9.54. The summed E-state index contributed by atoms with van der Waals surface area (Å²) in [6.45, 7) is -0.833. The molecule has 3 aromatic rings.